The van der Waals surface area contributed by atoms with Crippen molar-refractivity contribution in [2.45, 2.75) is 44.3 Å². The molecule has 0 radical (unpaired) electrons. The number of aromatic nitrogens is 5. The van der Waals surface area contributed by atoms with Crippen LogP contribution in [0.3, 0.4) is 0 Å². The first kappa shape index (κ1) is 18.2. The second-order valence-electron chi connectivity index (χ2n) is 6.98. The topological polar surface area (TPSA) is 147 Å². The van der Waals surface area contributed by atoms with E-state index in [4.69, 9.17) is 10.5 Å². The van der Waals surface area contributed by atoms with E-state index in [-0.39, 0.29) is 11.8 Å². The summed E-state index contributed by atoms with van der Waals surface area (Å²) in [4.78, 5) is 9.04. The molecule has 2 heterocycles. The Morgan fingerprint density at radius 2 is 2.07 bits per heavy atom. The largest absolute Gasteiger partial charge is 0.504 e. The number of aromatic hydroxyl groups is 1. The van der Waals surface area contributed by atoms with Crippen LogP contribution in [0, 0.1) is 0 Å². The third-order valence-corrected chi connectivity index (χ3v) is 5.04. The van der Waals surface area contributed by atoms with Gasteiger partial charge in [-0.3, -0.25) is 0 Å². The number of anilines is 2. The maximum atomic E-state index is 10.3. The predicted molar refractivity (Wildman–Crippen MR) is 105 cm³/mol. The Bertz CT molecular complexity index is 952. The lowest BCUT2D eigenvalue weighted by Crippen LogP contribution is -2.33. The van der Waals surface area contributed by atoms with E-state index in [1.165, 1.54) is 7.11 Å². The van der Waals surface area contributed by atoms with Gasteiger partial charge in [-0.2, -0.15) is 9.97 Å². The number of fused-ring (bicyclic) bond motifs is 1. The number of phenolic OH excluding ortho intramolecular Hbond substituents is 1. The molecule has 28 heavy (non-hydrogen) atoms. The number of H-pyrrole nitrogens is 1. The maximum Gasteiger partial charge on any atom is 0.227 e. The van der Waals surface area contributed by atoms with Crippen molar-refractivity contribution in [2.75, 3.05) is 17.7 Å². The van der Waals surface area contributed by atoms with E-state index in [0.29, 0.717) is 46.8 Å². The average Bonchev–Trinajstić information content (AvgIpc) is 3.17. The highest BCUT2D eigenvalue weighted by Gasteiger charge is 2.20. The van der Waals surface area contributed by atoms with E-state index in [1.54, 1.807) is 6.07 Å². The number of phenols is 1. The van der Waals surface area contributed by atoms with Crippen molar-refractivity contribution in [2.24, 2.45) is 5.73 Å². The SMILES string of the molecule is COc1cccc(CNc2nc(NC3CCC(N)CC3)nc3[nH]nnc23)c1O. The van der Waals surface area contributed by atoms with E-state index in [0.717, 1.165) is 25.7 Å². The lowest BCUT2D eigenvalue weighted by Gasteiger charge is -2.26. The normalized spacial score (nSPS) is 19.5. The predicted octanol–water partition coefficient (Wildman–Crippen LogP) is 1.76. The van der Waals surface area contributed by atoms with Crippen LogP contribution < -0.4 is 21.1 Å². The summed E-state index contributed by atoms with van der Waals surface area (Å²) in [7, 11) is 1.52. The van der Waals surface area contributed by atoms with Gasteiger partial charge in [-0.1, -0.05) is 17.3 Å². The minimum atomic E-state index is 0.0971. The molecule has 1 aliphatic carbocycles. The number of hydrogen-bond acceptors (Lipinski definition) is 9. The molecule has 1 aliphatic rings. The molecule has 0 unspecified atom stereocenters. The fourth-order valence-corrected chi connectivity index (χ4v) is 3.44. The third kappa shape index (κ3) is 3.77. The van der Waals surface area contributed by atoms with Crippen LogP contribution in [0.25, 0.3) is 11.2 Å². The first-order valence-corrected chi connectivity index (χ1v) is 9.33. The zero-order chi connectivity index (χ0) is 19.5. The van der Waals surface area contributed by atoms with Crippen molar-refractivity contribution in [1.82, 2.24) is 25.4 Å². The molecule has 0 atom stereocenters. The molecule has 1 saturated carbocycles. The summed E-state index contributed by atoms with van der Waals surface area (Å²) in [5, 5.41) is 27.6. The van der Waals surface area contributed by atoms with Crippen molar-refractivity contribution in [3.05, 3.63) is 23.8 Å². The Kier molecular flexibility index (Phi) is 5.11. The minimum Gasteiger partial charge on any atom is -0.504 e. The van der Waals surface area contributed by atoms with Crippen LogP contribution in [0.5, 0.6) is 11.5 Å². The van der Waals surface area contributed by atoms with Gasteiger partial charge in [0.05, 0.1) is 7.11 Å². The fourth-order valence-electron chi connectivity index (χ4n) is 3.44. The lowest BCUT2D eigenvalue weighted by atomic mass is 9.92. The van der Waals surface area contributed by atoms with Gasteiger partial charge in [0, 0.05) is 24.2 Å². The molecular formula is C18H24N8O2. The summed E-state index contributed by atoms with van der Waals surface area (Å²) < 4.78 is 5.16. The minimum absolute atomic E-state index is 0.0971. The van der Waals surface area contributed by atoms with Crippen molar-refractivity contribution in [3.8, 4) is 11.5 Å². The van der Waals surface area contributed by atoms with Gasteiger partial charge < -0.3 is 26.2 Å². The van der Waals surface area contributed by atoms with Crippen LogP contribution in [-0.4, -0.2) is 49.7 Å². The average molecular weight is 384 g/mol. The molecule has 1 fully saturated rings. The quantitative estimate of drug-likeness (QED) is 0.429. The van der Waals surface area contributed by atoms with E-state index >= 15 is 0 Å². The third-order valence-electron chi connectivity index (χ3n) is 5.04. The molecule has 1 aromatic carbocycles. The van der Waals surface area contributed by atoms with E-state index < -0.39 is 0 Å². The lowest BCUT2D eigenvalue weighted by molar-refractivity contribution is 0.371. The van der Waals surface area contributed by atoms with Crippen LogP contribution >= 0.6 is 0 Å². The number of methoxy groups -OCH3 is 1. The van der Waals surface area contributed by atoms with Crippen LogP contribution in [0.15, 0.2) is 18.2 Å². The van der Waals surface area contributed by atoms with Crippen LogP contribution in [0.4, 0.5) is 11.8 Å². The van der Waals surface area contributed by atoms with Crippen molar-refractivity contribution >= 4 is 22.9 Å². The van der Waals surface area contributed by atoms with Gasteiger partial charge in [0.1, 0.15) is 0 Å². The van der Waals surface area contributed by atoms with Crippen molar-refractivity contribution < 1.29 is 9.84 Å². The molecular weight excluding hydrogens is 360 g/mol. The summed E-state index contributed by atoms with van der Waals surface area (Å²) in [5.74, 6) is 1.57. The Morgan fingerprint density at radius 1 is 1.25 bits per heavy atom. The van der Waals surface area contributed by atoms with Gasteiger partial charge in [0.15, 0.2) is 28.5 Å². The molecule has 0 bridgehead atoms. The molecule has 2 aromatic heterocycles. The maximum absolute atomic E-state index is 10.3. The van der Waals surface area contributed by atoms with Crippen LogP contribution in [-0.2, 0) is 6.54 Å². The standard InChI is InChI=1S/C18H24N8O2/c1-28-13-4-2-3-10(15(13)27)9-20-16-14-17(25-26-24-14)23-18(22-16)21-12-7-5-11(19)6-8-12/h2-4,11-12,27H,5-9,19H2,1H3,(H3,20,21,22,23,24,25,26). The molecule has 3 aromatic rings. The van der Waals surface area contributed by atoms with Gasteiger partial charge in [-0.25, -0.2) is 5.10 Å². The van der Waals surface area contributed by atoms with Gasteiger partial charge in [-0.15, -0.1) is 5.10 Å². The molecule has 148 valence electrons. The highest BCUT2D eigenvalue weighted by molar-refractivity contribution is 5.83. The summed E-state index contributed by atoms with van der Waals surface area (Å²) in [6.07, 6.45) is 3.96. The molecule has 0 aliphatic heterocycles. The van der Waals surface area contributed by atoms with Crippen LogP contribution in [0.2, 0.25) is 0 Å². The number of para-hydroxylation sites is 1. The number of aromatic amines is 1. The molecule has 0 spiro atoms. The monoisotopic (exact) mass is 384 g/mol. The van der Waals surface area contributed by atoms with E-state index in [1.807, 2.05) is 12.1 Å². The smallest absolute Gasteiger partial charge is 0.227 e. The van der Waals surface area contributed by atoms with Gasteiger partial charge in [0.25, 0.3) is 0 Å². The Balaban J connectivity index is 1.54. The molecule has 0 saturated heterocycles. The van der Waals surface area contributed by atoms with Gasteiger partial charge in [0.2, 0.25) is 5.95 Å². The molecule has 0 amide bonds. The zero-order valence-corrected chi connectivity index (χ0v) is 15.6. The number of ether oxygens (including phenoxy) is 1. The van der Waals surface area contributed by atoms with E-state index in [9.17, 15) is 5.11 Å². The Hall–Kier alpha value is -3.14. The second kappa shape index (κ2) is 7.85. The molecule has 4 rings (SSSR count). The van der Waals surface area contributed by atoms with Crippen molar-refractivity contribution in [3.63, 3.8) is 0 Å². The number of nitrogens with zero attached hydrogens (tertiary/aromatic N) is 4. The zero-order valence-electron chi connectivity index (χ0n) is 15.6. The number of nitrogens with one attached hydrogen (secondary N) is 3. The Labute approximate surface area is 161 Å². The second-order valence-corrected chi connectivity index (χ2v) is 6.98. The Morgan fingerprint density at radius 3 is 2.86 bits per heavy atom. The summed E-state index contributed by atoms with van der Waals surface area (Å²) in [6.45, 7) is 0.347. The van der Waals surface area contributed by atoms with Crippen molar-refractivity contribution in [1.29, 1.82) is 0 Å². The van der Waals surface area contributed by atoms with Crippen LogP contribution in [0.1, 0.15) is 31.2 Å². The highest BCUT2D eigenvalue weighted by atomic mass is 16.5. The molecule has 10 heteroatoms. The number of hydrogen-bond donors (Lipinski definition) is 5. The summed E-state index contributed by atoms with van der Waals surface area (Å²) in [6, 6.07) is 5.92. The molecule has 10 nitrogen and oxygen atoms in total. The first-order chi connectivity index (χ1) is 13.6. The van der Waals surface area contributed by atoms with E-state index in [2.05, 4.69) is 36.0 Å². The fraction of sp³-hybridized carbons (Fsp3) is 0.444. The number of nitrogens with two attached hydrogens (primary N) is 1. The molecule has 6 N–H and O–H groups in total. The summed E-state index contributed by atoms with van der Waals surface area (Å²) in [5.41, 5.74) is 7.75. The number of rotatable bonds is 6. The number of benzene rings is 1. The highest BCUT2D eigenvalue weighted by Crippen LogP contribution is 2.30. The van der Waals surface area contributed by atoms with Gasteiger partial charge in [-0.05, 0) is 31.7 Å². The summed E-state index contributed by atoms with van der Waals surface area (Å²) >= 11 is 0. The van der Waals surface area contributed by atoms with Gasteiger partial charge >= 0.3 is 0 Å². The first-order valence-electron chi connectivity index (χ1n) is 9.33.